The number of rotatable bonds is 4. The quantitative estimate of drug-likeness (QED) is 0.809. The number of hydrogen-bond donors (Lipinski definition) is 0. The van der Waals surface area contributed by atoms with Crippen molar-refractivity contribution in [2.75, 3.05) is 51.2 Å². The number of anilines is 1. The van der Waals surface area contributed by atoms with E-state index < -0.39 is 0 Å². The van der Waals surface area contributed by atoms with Gasteiger partial charge >= 0.3 is 0 Å². The highest BCUT2D eigenvalue weighted by Gasteiger charge is 2.23. The van der Waals surface area contributed by atoms with Gasteiger partial charge in [-0.25, -0.2) is 4.68 Å². The molecule has 2 saturated heterocycles. The molecule has 1 atom stereocenters. The molecule has 0 radical (unpaired) electrons. The van der Waals surface area contributed by atoms with Crippen molar-refractivity contribution in [1.82, 2.24) is 24.6 Å². The maximum Gasteiger partial charge on any atom is 0.269 e. The molecule has 7 nitrogen and oxygen atoms in total. The Morgan fingerprint density at radius 1 is 1.11 bits per heavy atom. The minimum Gasteiger partial charge on any atom is -0.368 e. The van der Waals surface area contributed by atoms with Crippen LogP contribution in [0.3, 0.4) is 0 Å². The molecule has 0 unspecified atom stereocenters. The summed E-state index contributed by atoms with van der Waals surface area (Å²) in [6, 6.07) is 6.02. The fraction of sp³-hybridized carbons (Fsp3) is 0.550. The second kappa shape index (κ2) is 8.19. The third-order valence-electron chi connectivity index (χ3n) is 5.66. The second-order valence-electron chi connectivity index (χ2n) is 7.67. The monoisotopic (exact) mass is 368 g/mol. The van der Waals surface area contributed by atoms with E-state index in [-0.39, 0.29) is 11.6 Å². The van der Waals surface area contributed by atoms with Gasteiger partial charge in [0.25, 0.3) is 5.56 Å². The molecular weight excluding hydrogens is 340 g/mol. The van der Waals surface area contributed by atoms with Crippen LogP contribution in [0.2, 0.25) is 0 Å². The van der Waals surface area contributed by atoms with Gasteiger partial charge in [-0.3, -0.25) is 14.7 Å². The van der Waals surface area contributed by atoms with Crippen LogP contribution in [0, 0.1) is 0 Å². The number of likely N-dealkylation sites (N-methyl/N-ethyl adjacent to an activating group) is 1. The highest BCUT2D eigenvalue weighted by atomic mass is 16.1. The van der Waals surface area contributed by atoms with Gasteiger partial charge < -0.3 is 9.80 Å². The van der Waals surface area contributed by atoms with Gasteiger partial charge in [0.1, 0.15) is 0 Å². The van der Waals surface area contributed by atoms with Crippen LogP contribution in [-0.2, 0) is 6.54 Å². The molecule has 2 aliphatic heterocycles. The normalized spacial score (nSPS) is 22.1. The van der Waals surface area contributed by atoms with E-state index in [1.165, 1.54) is 5.56 Å². The predicted molar refractivity (Wildman–Crippen MR) is 106 cm³/mol. The molecule has 2 aromatic heterocycles. The first-order chi connectivity index (χ1) is 13.2. The summed E-state index contributed by atoms with van der Waals surface area (Å²) < 4.78 is 1.69. The molecule has 144 valence electrons. The van der Waals surface area contributed by atoms with Crippen molar-refractivity contribution in [3.8, 4) is 0 Å². The summed E-state index contributed by atoms with van der Waals surface area (Å²) in [7, 11) is 2.13. The molecule has 0 aromatic carbocycles. The molecule has 7 heteroatoms. The maximum atomic E-state index is 12.7. The summed E-state index contributed by atoms with van der Waals surface area (Å²) in [4.78, 5) is 23.8. The predicted octanol–water partition coefficient (Wildman–Crippen LogP) is 1.23. The summed E-state index contributed by atoms with van der Waals surface area (Å²) in [6.07, 6.45) is 7.63. The molecule has 0 aliphatic carbocycles. The highest BCUT2D eigenvalue weighted by molar-refractivity contribution is 5.43. The molecule has 0 saturated carbocycles. The third kappa shape index (κ3) is 4.36. The number of hydrogen-bond acceptors (Lipinski definition) is 6. The van der Waals surface area contributed by atoms with E-state index in [0.717, 1.165) is 64.3 Å². The lowest BCUT2D eigenvalue weighted by Crippen LogP contribution is -2.45. The Bertz CT molecular complexity index is 800. The zero-order valence-electron chi connectivity index (χ0n) is 16.0. The molecule has 4 heterocycles. The van der Waals surface area contributed by atoms with Gasteiger partial charge in [0.15, 0.2) is 0 Å². The topological polar surface area (TPSA) is 57.5 Å². The zero-order chi connectivity index (χ0) is 18.6. The van der Waals surface area contributed by atoms with Crippen LogP contribution in [0.4, 0.5) is 5.69 Å². The molecule has 0 bridgehead atoms. The summed E-state index contributed by atoms with van der Waals surface area (Å²) >= 11 is 0. The Labute approximate surface area is 160 Å². The molecule has 27 heavy (non-hydrogen) atoms. The van der Waals surface area contributed by atoms with E-state index in [4.69, 9.17) is 0 Å². The van der Waals surface area contributed by atoms with Crippen LogP contribution in [0.25, 0.3) is 0 Å². The molecule has 4 rings (SSSR count). The van der Waals surface area contributed by atoms with Crippen molar-refractivity contribution in [3.05, 3.63) is 52.7 Å². The van der Waals surface area contributed by atoms with Crippen molar-refractivity contribution < 1.29 is 0 Å². The lowest BCUT2D eigenvalue weighted by Gasteiger charge is -2.35. The van der Waals surface area contributed by atoms with Gasteiger partial charge in [-0.15, -0.1) is 0 Å². The lowest BCUT2D eigenvalue weighted by atomic mass is 10.1. The molecule has 2 aromatic rings. The zero-order valence-corrected chi connectivity index (χ0v) is 16.0. The van der Waals surface area contributed by atoms with Crippen LogP contribution in [-0.4, -0.2) is 70.9 Å². The van der Waals surface area contributed by atoms with Crippen molar-refractivity contribution in [2.45, 2.75) is 25.4 Å². The van der Waals surface area contributed by atoms with Crippen molar-refractivity contribution in [3.63, 3.8) is 0 Å². The van der Waals surface area contributed by atoms with Crippen LogP contribution in [0.1, 0.15) is 24.4 Å². The number of pyridine rings is 1. The van der Waals surface area contributed by atoms with Gasteiger partial charge in [-0.2, -0.15) is 5.10 Å². The van der Waals surface area contributed by atoms with E-state index in [9.17, 15) is 4.79 Å². The van der Waals surface area contributed by atoms with E-state index in [0.29, 0.717) is 0 Å². The fourth-order valence-corrected chi connectivity index (χ4v) is 4.04. The van der Waals surface area contributed by atoms with E-state index in [2.05, 4.69) is 44.0 Å². The first-order valence-corrected chi connectivity index (χ1v) is 9.83. The lowest BCUT2D eigenvalue weighted by molar-refractivity contribution is 0.160. The number of aromatic nitrogens is 3. The largest absolute Gasteiger partial charge is 0.368 e. The van der Waals surface area contributed by atoms with Crippen LogP contribution in [0.5, 0.6) is 0 Å². The molecule has 0 spiro atoms. The molecule has 2 fully saturated rings. The third-order valence-corrected chi connectivity index (χ3v) is 5.66. The Balaban J connectivity index is 1.44. The summed E-state index contributed by atoms with van der Waals surface area (Å²) in [5.74, 6) is 0. The number of piperidine rings is 1. The fourth-order valence-electron chi connectivity index (χ4n) is 4.04. The van der Waals surface area contributed by atoms with Gasteiger partial charge in [0.05, 0.1) is 17.9 Å². The Hall–Kier alpha value is -2.25. The first kappa shape index (κ1) is 18.1. The van der Waals surface area contributed by atoms with Gasteiger partial charge in [-0.05, 0) is 44.1 Å². The minimum atomic E-state index is 0.0159. The second-order valence-corrected chi connectivity index (χ2v) is 7.67. The maximum absolute atomic E-state index is 12.7. The van der Waals surface area contributed by atoms with E-state index in [1.54, 1.807) is 10.7 Å². The Kier molecular flexibility index (Phi) is 5.50. The molecular formula is C20H28N6O. The van der Waals surface area contributed by atoms with Gasteiger partial charge in [-0.1, -0.05) is 0 Å². The van der Waals surface area contributed by atoms with Gasteiger partial charge in [0, 0.05) is 57.7 Å². The minimum absolute atomic E-state index is 0.0159. The number of nitrogens with zero attached hydrogens (tertiary/aromatic N) is 6. The van der Waals surface area contributed by atoms with Gasteiger partial charge in [0.2, 0.25) is 0 Å². The Morgan fingerprint density at radius 2 is 1.89 bits per heavy atom. The van der Waals surface area contributed by atoms with Crippen molar-refractivity contribution in [2.24, 2.45) is 0 Å². The molecule has 0 N–H and O–H groups in total. The highest BCUT2D eigenvalue weighted by Crippen LogP contribution is 2.22. The summed E-state index contributed by atoms with van der Waals surface area (Å²) in [5.41, 5.74) is 2.23. The summed E-state index contributed by atoms with van der Waals surface area (Å²) in [6.45, 7) is 6.77. The summed E-state index contributed by atoms with van der Waals surface area (Å²) in [5, 5.41) is 4.55. The average Bonchev–Trinajstić information content (AvgIpc) is 2.69. The molecule has 2 aliphatic rings. The number of likely N-dealkylation sites (tertiary alicyclic amines) is 1. The SMILES string of the molecule is CN1CCN(c2cnn([C@@H]3CCCN(Cc4ccncc4)C3)c(=O)c2)CC1. The number of piperazine rings is 1. The Morgan fingerprint density at radius 3 is 2.63 bits per heavy atom. The first-order valence-electron chi connectivity index (χ1n) is 9.83. The average molecular weight is 368 g/mol. The smallest absolute Gasteiger partial charge is 0.269 e. The van der Waals surface area contributed by atoms with E-state index >= 15 is 0 Å². The van der Waals surface area contributed by atoms with Crippen molar-refractivity contribution >= 4 is 5.69 Å². The standard InChI is InChI=1S/C20H28N6O/c1-23-9-11-25(12-10-23)19-13-20(27)26(22-14-19)18-3-2-8-24(16-18)15-17-4-6-21-7-5-17/h4-7,13-14,18H,2-3,8-12,15-16H2,1H3/t18-/m1/s1. The van der Waals surface area contributed by atoms with Crippen LogP contribution < -0.4 is 10.5 Å². The van der Waals surface area contributed by atoms with Crippen LogP contribution in [0.15, 0.2) is 41.6 Å². The van der Waals surface area contributed by atoms with Crippen LogP contribution >= 0.6 is 0 Å². The van der Waals surface area contributed by atoms with Crippen molar-refractivity contribution in [1.29, 1.82) is 0 Å². The molecule has 0 amide bonds. The van der Waals surface area contributed by atoms with E-state index in [1.807, 2.05) is 18.6 Å².